The molecule has 10 heteroatoms. The Kier molecular flexibility index (Phi) is 7.44. The van der Waals surface area contributed by atoms with E-state index in [4.69, 9.17) is 0 Å². The predicted octanol–water partition coefficient (Wildman–Crippen LogP) is 4.49. The van der Waals surface area contributed by atoms with E-state index < -0.39 is 27.3 Å². The van der Waals surface area contributed by atoms with Crippen LogP contribution in [0.2, 0.25) is 0 Å². The molecule has 1 aliphatic rings. The number of carboxylic acid groups (broad SMARTS) is 1. The van der Waals surface area contributed by atoms with Crippen molar-refractivity contribution in [2.75, 3.05) is 18.4 Å². The van der Waals surface area contributed by atoms with Crippen molar-refractivity contribution in [2.45, 2.75) is 23.2 Å². The second-order valence-electron chi connectivity index (χ2n) is 8.44. The van der Waals surface area contributed by atoms with Gasteiger partial charge >= 0.3 is 5.97 Å². The number of nitrogens with zero attached hydrogens (tertiary/aromatic N) is 2. The fourth-order valence-corrected chi connectivity index (χ4v) is 6.19. The van der Waals surface area contributed by atoms with Crippen LogP contribution in [0.5, 0.6) is 0 Å². The summed E-state index contributed by atoms with van der Waals surface area (Å²) in [4.78, 5) is 24.2. The maximum Gasteiger partial charge on any atom is 0.337 e. The normalized spacial score (nSPS) is 15.6. The first-order valence-corrected chi connectivity index (χ1v) is 13.6. The number of aromatic carboxylic acids is 1. The Morgan fingerprint density at radius 1 is 1.00 bits per heavy atom. The van der Waals surface area contributed by atoms with Gasteiger partial charge in [0.15, 0.2) is 0 Å². The molecule has 0 aromatic heterocycles. The second-order valence-corrected chi connectivity index (χ2v) is 11.6. The molecule has 1 aliphatic heterocycles. The van der Waals surface area contributed by atoms with E-state index in [9.17, 15) is 28.4 Å². The van der Waals surface area contributed by atoms with E-state index in [1.54, 1.807) is 6.07 Å². The number of carboxylic acids is 1. The number of piperidine rings is 1. The van der Waals surface area contributed by atoms with E-state index in [1.165, 1.54) is 40.7 Å². The molecule has 36 heavy (non-hydrogen) atoms. The lowest BCUT2D eigenvalue weighted by atomic mass is 9.74. The highest BCUT2D eigenvalue weighted by Crippen LogP contribution is 2.36. The highest BCUT2D eigenvalue weighted by atomic mass is 127. The number of anilines is 1. The summed E-state index contributed by atoms with van der Waals surface area (Å²) in [5.41, 5.74) is 0.467. The maximum absolute atomic E-state index is 13.2. The van der Waals surface area contributed by atoms with Gasteiger partial charge in [0.2, 0.25) is 10.0 Å². The molecule has 0 saturated carbocycles. The van der Waals surface area contributed by atoms with Gasteiger partial charge in [0, 0.05) is 22.2 Å². The van der Waals surface area contributed by atoms with Gasteiger partial charge in [-0.2, -0.15) is 9.57 Å². The van der Waals surface area contributed by atoms with Crippen molar-refractivity contribution in [2.24, 2.45) is 0 Å². The molecule has 3 aromatic rings. The molecule has 1 heterocycles. The fourth-order valence-electron chi connectivity index (χ4n) is 4.25. The van der Waals surface area contributed by atoms with E-state index >= 15 is 0 Å². The minimum absolute atomic E-state index is 0.0384. The summed E-state index contributed by atoms with van der Waals surface area (Å²) in [5.74, 6) is -1.72. The first-order chi connectivity index (χ1) is 17.2. The van der Waals surface area contributed by atoms with Gasteiger partial charge in [0.1, 0.15) is 0 Å². The standard InChI is InChI=1S/C26H22IN3O5S/c27-20-8-11-23(22(16-20)25(32)33)29-24(31)18-6-9-21(10-7-18)36(34,35)30-14-12-26(17-28,13-15-30)19-4-2-1-3-5-19/h1-11,16H,12-15H2,(H,29,31)(H,32,33). The molecule has 184 valence electrons. The molecule has 0 unspecified atom stereocenters. The van der Waals surface area contributed by atoms with Crippen molar-refractivity contribution in [3.05, 3.63) is 93.1 Å². The molecule has 3 aromatic carbocycles. The number of benzene rings is 3. The molecule has 4 rings (SSSR count). The predicted molar refractivity (Wildman–Crippen MR) is 142 cm³/mol. The minimum Gasteiger partial charge on any atom is -0.478 e. The molecule has 0 aliphatic carbocycles. The zero-order chi connectivity index (χ0) is 25.9. The van der Waals surface area contributed by atoms with Crippen molar-refractivity contribution >= 4 is 50.2 Å². The first-order valence-electron chi connectivity index (χ1n) is 11.1. The van der Waals surface area contributed by atoms with Gasteiger partial charge in [-0.3, -0.25) is 4.79 Å². The molecule has 1 fully saturated rings. The van der Waals surface area contributed by atoms with Crippen LogP contribution in [-0.4, -0.2) is 42.8 Å². The number of hydrogen-bond acceptors (Lipinski definition) is 5. The van der Waals surface area contributed by atoms with E-state index in [2.05, 4.69) is 11.4 Å². The van der Waals surface area contributed by atoms with Crippen molar-refractivity contribution in [3.8, 4) is 6.07 Å². The van der Waals surface area contributed by atoms with Crippen molar-refractivity contribution in [1.29, 1.82) is 5.26 Å². The van der Waals surface area contributed by atoms with Crippen molar-refractivity contribution < 1.29 is 23.1 Å². The average molecular weight is 615 g/mol. The molecular weight excluding hydrogens is 593 g/mol. The molecule has 1 saturated heterocycles. The fraction of sp³-hybridized carbons (Fsp3) is 0.192. The van der Waals surface area contributed by atoms with Crippen LogP contribution in [0.15, 0.2) is 77.7 Å². The van der Waals surface area contributed by atoms with Crippen LogP contribution < -0.4 is 5.32 Å². The summed E-state index contributed by atoms with van der Waals surface area (Å²) >= 11 is 1.98. The van der Waals surface area contributed by atoms with E-state index in [0.29, 0.717) is 16.4 Å². The third kappa shape index (κ3) is 5.13. The Morgan fingerprint density at radius 2 is 1.64 bits per heavy atom. The third-order valence-corrected chi connectivity index (χ3v) is 8.91. The number of hydrogen-bond donors (Lipinski definition) is 2. The number of carbonyl (C=O) groups is 2. The first kappa shape index (κ1) is 25.8. The lowest BCUT2D eigenvalue weighted by molar-refractivity contribution is 0.0698. The SMILES string of the molecule is N#CC1(c2ccccc2)CCN(S(=O)(=O)c2ccc(C(=O)Nc3ccc(I)cc3C(=O)O)cc2)CC1. The maximum atomic E-state index is 13.2. The van der Waals surface area contributed by atoms with E-state index in [-0.39, 0.29) is 34.8 Å². The Hall–Kier alpha value is -3.27. The lowest BCUT2D eigenvalue weighted by Crippen LogP contribution is -2.44. The number of sulfonamides is 1. The van der Waals surface area contributed by atoms with Crippen LogP contribution in [0.25, 0.3) is 0 Å². The number of halogens is 1. The Labute approximate surface area is 222 Å². The summed E-state index contributed by atoms with van der Waals surface area (Å²) in [7, 11) is -3.81. The van der Waals surface area contributed by atoms with Gasteiger partial charge in [-0.05, 0) is 83.5 Å². The number of rotatable bonds is 6. The molecule has 0 bridgehead atoms. The zero-order valence-electron chi connectivity index (χ0n) is 19.0. The van der Waals surface area contributed by atoms with Gasteiger partial charge in [0.05, 0.1) is 27.6 Å². The third-order valence-electron chi connectivity index (χ3n) is 6.33. The topological polar surface area (TPSA) is 128 Å². The summed E-state index contributed by atoms with van der Waals surface area (Å²) < 4.78 is 28.5. The molecule has 1 amide bonds. The number of amides is 1. The van der Waals surface area contributed by atoms with Crippen LogP contribution in [0.4, 0.5) is 5.69 Å². The Balaban J connectivity index is 1.47. The molecular formula is C26H22IN3O5S. The van der Waals surface area contributed by atoms with Crippen LogP contribution in [0, 0.1) is 14.9 Å². The van der Waals surface area contributed by atoms with Gasteiger partial charge in [-0.25, -0.2) is 13.2 Å². The molecule has 0 radical (unpaired) electrons. The smallest absolute Gasteiger partial charge is 0.337 e. The van der Waals surface area contributed by atoms with Crippen molar-refractivity contribution in [1.82, 2.24) is 4.31 Å². The molecule has 0 spiro atoms. The second kappa shape index (κ2) is 10.4. The summed E-state index contributed by atoms with van der Waals surface area (Å²) in [6.07, 6.45) is 0.768. The van der Waals surface area contributed by atoms with Gasteiger partial charge in [-0.1, -0.05) is 30.3 Å². The molecule has 0 atom stereocenters. The minimum atomic E-state index is -3.81. The largest absolute Gasteiger partial charge is 0.478 e. The summed E-state index contributed by atoms with van der Waals surface area (Å²) in [6, 6.07) is 21.9. The summed E-state index contributed by atoms with van der Waals surface area (Å²) in [5, 5.41) is 21.8. The molecule has 8 nitrogen and oxygen atoms in total. The highest BCUT2D eigenvalue weighted by Gasteiger charge is 2.40. The zero-order valence-corrected chi connectivity index (χ0v) is 22.0. The highest BCUT2D eigenvalue weighted by molar-refractivity contribution is 14.1. The average Bonchev–Trinajstić information content (AvgIpc) is 2.90. The van der Waals surface area contributed by atoms with E-state index in [0.717, 1.165) is 5.56 Å². The molecule has 2 N–H and O–H groups in total. The lowest BCUT2D eigenvalue weighted by Gasteiger charge is -2.36. The van der Waals surface area contributed by atoms with E-state index in [1.807, 2.05) is 52.9 Å². The van der Waals surface area contributed by atoms with Gasteiger partial charge in [-0.15, -0.1) is 0 Å². The number of nitrogens with one attached hydrogen (secondary N) is 1. The van der Waals surface area contributed by atoms with Crippen LogP contribution in [0.3, 0.4) is 0 Å². The quantitative estimate of drug-likeness (QED) is 0.394. The van der Waals surface area contributed by atoms with Gasteiger partial charge < -0.3 is 10.4 Å². The number of nitriles is 1. The Morgan fingerprint density at radius 3 is 2.22 bits per heavy atom. The van der Waals surface area contributed by atoms with Crippen molar-refractivity contribution in [3.63, 3.8) is 0 Å². The monoisotopic (exact) mass is 615 g/mol. The van der Waals surface area contributed by atoms with Crippen LogP contribution in [-0.2, 0) is 15.4 Å². The Bertz CT molecular complexity index is 1440. The van der Waals surface area contributed by atoms with Crippen LogP contribution >= 0.6 is 22.6 Å². The summed E-state index contributed by atoms with van der Waals surface area (Å²) in [6.45, 7) is 0.412. The van der Waals surface area contributed by atoms with Crippen LogP contribution in [0.1, 0.15) is 39.1 Å². The van der Waals surface area contributed by atoms with Gasteiger partial charge in [0.25, 0.3) is 5.91 Å². The number of carbonyl (C=O) groups excluding carboxylic acids is 1.